The average Bonchev–Trinajstić information content (AvgIpc) is 2.76. The number of hydrogen-bond acceptors (Lipinski definition) is 0. The molecular weight excluding hydrogens is 244 g/mol. The highest BCUT2D eigenvalue weighted by atomic mass is 15.4. The lowest BCUT2D eigenvalue weighted by molar-refractivity contribution is -0.960. The molecule has 0 radical (unpaired) electrons. The molecule has 98 valence electrons. The fourth-order valence-corrected chi connectivity index (χ4v) is 3.45. The molecule has 0 aromatic heterocycles. The van der Waals surface area contributed by atoms with Gasteiger partial charge in [-0.15, -0.1) is 0 Å². The summed E-state index contributed by atoms with van der Waals surface area (Å²) in [6.07, 6.45) is 2.36. The molecule has 1 unspecified atom stereocenters. The van der Waals surface area contributed by atoms with Gasteiger partial charge < -0.3 is 0 Å². The summed E-state index contributed by atoms with van der Waals surface area (Å²) in [6.45, 7) is 4.38. The predicted octanol–water partition coefficient (Wildman–Crippen LogP) is 4.37. The quantitative estimate of drug-likeness (QED) is 0.622. The SMILES string of the molecule is CC1=CC2c3ccccc3-c3cccc(C)c3[N+]2=[N+]1C. The number of fused-ring (bicyclic) bond motifs is 6. The van der Waals surface area contributed by atoms with Crippen LogP contribution in [0.2, 0.25) is 0 Å². The Labute approximate surface area is 119 Å². The largest absolute Gasteiger partial charge is 0.281 e. The van der Waals surface area contributed by atoms with Gasteiger partial charge in [-0.3, -0.25) is 0 Å². The second-order valence-electron chi connectivity index (χ2n) is 5.68. The third-order valence-electron chi connectivity index (χ3n) is 4.53. The lowest BCUT2D eigenvalue weighted by atomic mass is 9.88. The highest BCUT2D eigenvalue weighted by molar-refractivity contribution is 5.79. The van der Waals surface area contributed by atoms with Crippen molar-refractivity contribution >= 4 is 5.69 Å². The summed E-state index contributed by atoms with van der Waals surface area (Å²) in [5.74, 6) is 0. The van der Waals surface area contributed by atoms with Crippen molar-refractivity contribution in [3.63, 3.8) is 0 Å². The van der Waals surface area contributed by atoms with Crippen molar-refractivity contribution in [2.24, 2.45) is 0 Å². The highest BCUT2D eigenvalue weighted by Crippen LogP contribution is 2.47. The van der Waals surface area contributed by atoms with Crippen molar-refractivity contribution in [3.8, 4) is 11.1 Å². The van der Waals surface area contributed by atoms with Gasteiger partial charge in [0.05, 0.1) is 11.6 Å². The number of para-hydroxylation sites is 1. The van der Waals surface area contributed by atoms with Crippen LogP contribution in [0.3, 0.4) is 0 Å². The second-order valence-corrected chi connectivity index (χ2v) is 5.68. The van der Waals surface area contributed by atoms with Gasteiger partial charge in [0.2, 0.25) is 12.7 Å². The van der Waals surface area contributed by atoms with E-state index in [0.717, 1.165) is 0 Å². The standard InChI is InChI=1S/C18H18N2/c1-12-7-6-10-16-14-8-4-5-9-15(14)17-11-13(2)19(3)20(17)18(12)16/h4-11,17H,1-3H3/q+2. The molecule has 0 aliphatic carbocycles. The highest BCUT2D eigenvalue weighted by Gasteiger charge is 2.46. The van der Waals surface area contributed by atoms with Gasteiger partial charge in [0.25, 0.3) is 11.7 Å². The molecule has 2 aliphatic rings. The van der Waals surface area contributed by atoms with Gasteiger partial charge in [0.15, 0.2) is 0 Å². The Bertz CT molecular complexity index is 797. The molecule has 20 heavy (non-hydrogen) atoms. The van der Waals surface area contributed by atoms with Crippen molar-refractivity contribution in [1.29, 1.82) is 0 Å². The maximum Gasteiger partial charge on any atom is 0.281 e. The van der Waals surface area contributed by atoms with Crippen molar-refractivity contribution in [1.82, 2.24) is 0 Å². The minimum absolute atomic E-state index is 0.324. The Morgan fingerprint density at radius 1 is 0.900 bits per heavy atom. The normalized spacial score (nSPS) is 19.4. The van der Waals surface area contributed by atoms with Gasteiger partial charge in [-0.25, -0.2) is 0 Å². The zero-order valence-electron chi connectivity index (χ0n) is 12.1. The first kappa shape index (κ1) is 11.6. The Hall–Kier alpha value is -2.22. The molecule has 2 aromatic rings. The first-order valence-electron chi connectivity index (χ1n) is 7.08. The molecule has 0 amide bonds. The smallest absolute Gasteiger partial charge is 0.0617 e. The Morgan fingerprint density at radius 2 is 1.65 bits per heavy atom. The zero-order chi connectivity index (χ0) is 13.9. The Kier molecular flexibility index (Phi) is 2.25. The van der Waals surface area contributed by atoms with E-state index in [1.807, 2.05) is 0 Å². The zero-order valence-corrected chi connectivity index (χ0v) is 12.1. The van der Waals surface area contributed by atoms with Gasteiger partial charge in [0, 0.05) is 27.4 Å². The Balaban J connectivity index is 2.16. The van der Waals surface area contributed by atoms with Crippen LogP contribution in [-0.2, 0) is 0 Å². The van der Waals surface area contributed by atoms with Crippen molar-refractivity contribution in [2.75, 3.05) is 7.05 Å². The van der Waals surface area contributed by atoms with Crippen LogP contribution in [0.5, 0.6) is 0 Å². The van der Waals surface area contributed by atoms with Crippen LogP contribution in [-0.4, -0.2) is 16.4 Å². The van der Waals surface area contributed by atoms with E-state index < -0.39 is 0 Å². The molecule has 2 aliphatic heterocycles. The molecule has 2 nitrogen and oxygen atoms in total. The first-order valence-corrected chi connectivity index (χ1v) is 7.08. The summed E-state index contributed by atoms with van der Waals surface area (Å²) in [4.78, 5) is 0. The molecule has 0 N–H and O–H groups in total. The van der Waals surface area contributed by atoms with Crippen LogP contribution in [0, 0.1) is 6.92 Å². The lowest BCUT2D eigenvalue weighted by Gasteiger charge is -2.18. The number of allylic oxidation sites excluding steroid dienone is 1. The number of hydrogen-bond donors (Lipinski definition) is 0. The van der Waals surface area contributed by atoms with E-state index in [-0.39, 0.29) is 0 Å². The summed E-state index contributed by atoms with van der Waals surface area (Å²) < 4.78 is 4.69. The summed E-state index contributed by atoms with van der Waals surface area (Å²) in [7, 11) is 2.15. The van der Waals surface area contributed by atoms with Crippen molar-refractivity contribution < 1.29 is 9.39 Å². The summed E-state index contributed by atoms with van der Waals surface area (Å²) in [5.41, 5.74) is 8.08. The maximum absolute atomic E-state index is 2.42. The van der Waals surface area contributed by atoms with E-state index in [1.54, 1.807) is 0 Å². The number of nitrogens with zero attached hydrogens (tertiary/aromatic N) is 2. The molecule has 0 bridgehead atoms. The lowest BCUT2D eigenvalue weighted by Crippen LogP contribution is -2.21. The van der Waals surface area contributed by atoms with Crippen LogP contribution in [0.25, 0.3) is 11.1 Å². The predicted molar refractivity (Wildman–Crippen MR) is 79.2 cm³/mol. The van der Waals surface area contributed by atoms with Crippen LogP contribution >= 0.6 is 0 Å². The van der Waals surface area contributed by atoms with Gasteiger partial charge >= 0.3 is 0 Å². The van der Waals surface area contributed by atoms with E-state index in [4.69, 9.17) is 0 Å². The van der Waals surface area contributed by atoms with Crippen molar-refractivity contribution in [3.05, 3.63) is 65.4 Å². The van der Waals surface area contributed by atoms with Crippen LogP contribution < -0.4 is 0 Å². The summed E-state index contributed by atoms with van der Waals surface area (Å²) >= 11 is 0. The number of azo groups is 4. The van der Waals surface area contributed by atoms with Gasteiger partial charge in [-0.05, 0) is 18.6 Å². The van der Waals surface area contributed by atoms with Gasteiger partial charge in [-0.1, -0.05) is 36.4 Å². The van der Waals surface area contributed by atoms with E-state index in [1.165, 1.54) is 33.6 Å². The molecule has 1 atom stereocenters. The van der Waals surface area contributed by atoms with E-state index in [9.17, 15) is 0 Å². The van der Waals surface area contributed by atoms with Crippen LogP contribution in [0.15, 0.2) is 54.2 Å². The third kappa shape index (κ3) is 1.34. The summed E-state index contributed by atoms with van der Waals surface area (Å²) in [6, 6.07) is 15.7. The topological polar surface area (TPSA) is 6.02 Å². The second kappa shape index (κ2) is 3.89. The fourth-order valence-electron chi connectivity index (χ4n) is 3.45. The molecule has 0 fully saturated rings. The minimum atomic E-state index is 0.324. The molecule has 2 heterocycles. The van der Waals surface area contributed by atoms with E-state index in [2.05, 4.69) is 78.8 Å². The Morgan fingerprint density at radius 3 is 2.50 bits per heavy atom. The molecule has 0 spiro atoms. The molecule has 4 rings (SSSR count). The summed E-state index contributed by atoms with van der Waals surface area (Å²) in [5, 5.41) is 0. The fraction of sp³-hybridized carbons (Fsp3) is 0.222. The molecular formula is C18H18N2+2. The van der Waals surface area contributed by atoms with Crippen LogP contribution in [0.4, 0.5) is 5.69 Å². The monoisotopic (exact) mass is 262 g/mol. The number of rotatable bonds is 0. The minimum Gasteiger partial charge on any atom is -0.0617 e. The average molecular weight is 262 g/mol. The van der Waals surface area contributed by atoms with E-state index >= 15 is 0 Å². The third-order valence-corrected chi connectivity index (χ3v) is 4.53. The first-order chi connectivity index (χ1) is 9.68. The number of aryl methyl sites for hydroxylation is 1. The molecule has 0 saturated heterocycles. The molecule has 2 aromatic carbocycles. The molecule has 0 saturated carbocycles. The van der Waals surface area contributed by atoms with Gasteiger partial charge in [-0.2, -0.15) is 0 Å². The van der Waals surface area contributed by atoms with E-state index in [0.29, 0.717) is 6.04 Å². The molecule has 2 heteroatoms. The van der Waals surface area contributed by atoms with Crippen molar-refractivity contribution in [2.45, 2.75) is 19.9 Å². The van der Waals surface area contributed by atoms with Crippen LogP contribution in [0.1, 0.15) is 24.1 Å². The maximum atomic E-state index is 2.42. The van der Waals surface area contributed by atoms with Gasteiger partial charge in [0.1, 0.15) is 0 Å². The number of benzene rings is 2.